The first-order chi connectivity index (χ1) is 8.43. The van der Waals surface area contributed by atoms with E-state index in [9.17, 15) is 9.59 Å². The van der Waals surface area contributed by atoms with Crippen LogP contribution in [-0.2, 0) is 11.3 Å². The highest BCUT2D eigenvalue weighted by Gasteiger charge is 2.17. The molecular formula is C12H20N4O2. The Morgan fingerprint density at radius 3 is 2.61 bits per heavy atom. The lowest BCUT2D eigenvalue weighted by Crippen LogP contribution is -2.28. The predicted octanol–water partition coefficient (Wildman–Crippen LogP) is 1.25. The van der Waals surface area contributed by atoms with Gasteiger partial charge in [0.1, 0.15) is 0 Å². The minimum Gasteiger partial charge on any atom is -0.350 e. The quantitative estimate of drug-likeness (QED) is 0.828. The van der Waals surface area contributed by atoms with Crippen LogP contribution in [0.4, 0.5) is 5.69 Å². The van der Waals surface area contributed by atoms with Crippen molar-refractivity contribution in [2.45, 2.75) is 34.2 Å². The van der Waals surface area contributed by atoms with Crippen molar-refractivity contribution >= 4 is 17.5 Å². The zero-order valence-corrected chi connectivity index (χ0v) is 11.3. The van der Waals surface area contributed by atoms with E-state index in [2.05, 4.69) is 15.7 Å². The molecule has 100 valence electrons. The molecule has 1 rings (SSSR count). The van der Waals surface area contributed by atoms with E-state index in [1.165, 1.54) is 6.92 Å². The molecule has 0 aliphatic carbocycles. The van der Waals surface area contributed by atoms with Crippen LogP contribution >= 0.6 is 0 Å². The Morgan fingerprint density at radius 2 is 2.11 bits per heavy atom. The number of aromatic nitrogens is 2. The molecule has 2 N–H and O–H groups in total. The third-order valence-corrected chi connectivity index (χ3v) is 2.28. The Bertz CT molecular complexity index is 437. The predicted molar refractivity (Wildman–Crippen MR) is 69.4 cm³/mol. The van der Waals surface area contributed by atoms with Gasteiger partial charge in [0.2, 0.25) is 5.91 Å². The van der Waals surface area contributed by atoms with Crippen LogP contribution in [0.5, 0.6) is 0 Å². The molecule has 1 aromatic heterocycles. The highest BCUT2D eigenvalue weighted by molar-refractivity contribution is 6.01. The number of anilines is 1. The highest BCUT2D eigenvalue weighted by atomic mass is 16.2. The third kappa shape index (κ3) is 3.87. The SMILES string of the molecule is CCn1cc(NC(C)=O)c(C(=O)NCC(C)C)n1. The number of hydrogen-bond acceptors (Lipinski definition) is 3. The molecule has 0 unspecified atom stereocenters. The summed E-state index contributed by atoms with van der Waals surface area (Å²) in [4.78, 5) is 23.0. The molecule has 0 aliphatic rings. The summed E-state index contributed by atoms with van der Waals surface area (Å²) in [5, 5.41) is 9.55. The molecule has 1 aromatic rings. The van der Waals surface area contributed by atoms with Crippen molar-refractivity contribution < 1.29 is 9.59 Å². The van der Waals surface area contributed by atoms with Gasteiger partial charge in [0, 0.05) is 26.2 Å². The molecule has 6 heteroatoms. The van der Waals surface area contributed by atoms with Crippen LogP contribution in [-0.4, -0.2) is 28.1 Å². The average Bonchev–Trinajstić information content (AvgIpc) is 2.68. The fourth-order valence-electron chi connectivity index (χ4n) is 1.41. The Hall–Kier alpha value is -1.85. The van der Waals surface area contributed by atoms with Crippen LogP contribution in [0, 0.1) is 5.92 Å². The maximum atomic E-state index is 11.9. The van der Waals surface area contributed by atoms with Crippen LogP contribution < -0.4 is 10.6 Å². The largest absolute Gasteiger partial charge is 0.350 e. The van der Waals surface area contributed by atoms with E-state index in [0.29, 0.717) is 24.7 Å². The smallest absolute Gasteiger partial charge is 0.273 e. The lowest BCUT2D eigenvalue weighted by atomic mass is 10.2. The number of amides is 2. The second-order valence-electron chi connectivity index (χ2n) is 4.53. The number of nitrogens with zero attached hydrogens (tertiary/aromatic N) is 2. The Morgan fingerprint density at radius 1 is 1.44 bits per heavy atom. The normalized spacial score (nSPS) is 10.5. The molecule has 0 atom stereocenters. The molecule has 6 nitrogen and oxygen atoms in total. The fraction of sp³-hybridized carbons (Fsp3) is 0.583. The average molecular weight is 252 g/mol. The summed E-state index contributed by atoms with van der Waals surface area (Å²) in [6.07, 6.45) is 1.66. The van der Waals surface area contributed by atoms with Gasteiger partial charge in [0.15, 0.2) is 5.69 Å². The minimum absolute atomic E-state index is 0.219. The van der Waals surface area contributed by atoms with Crippen LogP contribution in [0.15, 0.2) is 6.20 Å². The van der Waals surface area contributed by atoms with Gasteiger partial charge in [-0.25, -0.2) is 0 Å². The van der Waals surface area contributed by atoms with Gasteiger partial charge in [-0.2, -0.15) is 5.10 Å². The Balaban J connectivity index is 2.87. The van der Waals surface area contributed by atoms with Crippen molar-refractivity contribution in [2.24, 2.45) is 5.92 Å². The van der Waals surface area contributed by atoms with Gasteiger partial charge in [0.25, 0.3) is 5.91 Å². The van der Waals surface area contributed by atoms with Gasteiger partial charge in [-0.1, -0.05) is 13.8 Å². The maximum absolute atomic E-state index is 11.9. The van der Waals surface area contributed by atoms with E-state index < -0.39 is 0 Å². The van der Waals surface area contributed by atoms with Crippen LogP contribution in [0.25, 0.3) is 0 Å². The minimum atomic E-state index is -0.264. The first-order valence-corrected chi connectivity index (χ1v) is 6.07. The fourth-order valence-corrected chi connectivity index (χ4v) is 1.41. The standard InChI is InChI=1S/C12H20N4O2/c1-5-16-7-10(14-9(4)17)11(15-16)12(18)13-6-8(2)3/h7-8H,5-6H2,1-4H3,(H,13,18)(H,14,17). The van der Waals surface area contributed by atoms with Crippen molar-refractivity contribution in [3.63, 3.8) is 0 Å². The summed E-state index contributed by atoms with van der Waals surface area (Å²) >= 11 is 0. The van der Waals surface area contributed by atoms with Crippen molar-refractivity contribution in [3.8, 4) is 0 Å². The van der Waals surface area contributed by atoms with E-state index in [1.54, 1.807) is 10.9 Å². The molecule has 1 heterocycles. The Labute approximate surface area is 107 Å². The molecule has 2 amide bonds. The molecule has 0 fully saturated rings. The molecule has 0 saturated carbocycles. The lowest BCUT2D eigenvalue weighted by Gasteiger charge is -2.07. The zero-order chi connectivity index (χ0) is 13.7. The van der Waals surface area contributed by atoms with E-state index in [4.69, 9.17) is 0 Å². The molecule has 0 bridgehead atoms. The van der Waals surface area contributed by atoms with Crippen molar-refractivity contribution in [2.75, 3.05) is 11.9 Å². The van der Waals surface area contributed by atoms with Gasteiger partial charge < -0.3 is 10.6 Å². The van der Waals surface area contributed by atoms with E-state index >= 15 is 0 Å². The third-order valence-electron chi connectivity index (χ3n) is 2.28. The van der Waals surface area contributed by atoms with Gasteiger partial charge in [-0.05, 0) is 12.8 Å². The van der Waals surface area contributed by atoms with Gasteiger partial charge in [-0.15, -0.1) is 0 Å². The second kappa shape index (κ2) is 6.18. The number of rotatable bonds is 5. The van der Waals surface area contributed by atoms with E-state index in [1.807, 2.05) is 20.8 Å². The van der Waals surface area contributed by atoms with Gasteiger partial charge in [0.05, 0.1) is 5.69 Å². The number of carbonyl (C=O) groups excluding carboxylic acids is 2. The van der Waals surface area contributed by atoms with Crippen molar-refractivity contribution in [3.05, 3.63) is 11.9 Å². The highest BCUT2D eigenvalue weighted by Crippen LogP contribution is 2.13. The summed E-state index contributed by atoms with van der Waals surface area (Å²) in [6, 6.07) is 0. The lowest BCUT2D eigenvalue weighted by molar-refractivity contribution is -0.114. The van der Waals surface area contributed by atoms with E-state index in [-0.39, 0.29) is 17.5 Å². The molecule has 0 radical (unpaired) electrons. The number of nitrogens with one attached hydrogen (secondary N) is 2. The molecule has 18 heavy (non-hydrogen) atoms. The zero-order valence-electron chi connectivity index (χ0n) is 11.3. The summed E-state index contributed by atoms with van der Waals surface area (Å²) in [7, 11) is 0. The van der Waals surface area contributed by atoms with Crippen LogP contribution in [0.1, 0.15) is 38.2 Å². The number of hydrogen-bond donors (Lipinski definition) is 2. The number of carbonyl (C=O) groups is 2. The van der Waals surface area contributed by atoms with E-state index in [0.717, 1.165) is 0 Å². The summed E-state index contributed by atoms with van der Waals surface area (Å²) in [6.45, 7) is 8.57. The number of aryl methyl sites for hydroxylation is 1. The monoisotopic (exact) mass is 252 g/mol. The van der Waals surface area contributed by atoms with Gasteiger partial charge >= 0.3 is 0 Å². The van der Waals surface area contributed by atoms with Gasteiger partial charge in [-0.3, -0.25) is 14.3 Å². The van der Waals surface area contributed by atoms with Crippen molar-refractivity contribution in [1.29, 1.82) is 0 Å². The van der Waals surface area contributed by atoms with Crippen LogP contribution in [0.3, 0.4) is 0 Å². The molecule has 0 saturated heterocycles. The molecule has 0 aliphatic heterocycles. The summed E-state index contributed by atoms with van der Waals surface area (Å²) in [5.41, 5.74) is 0.707. The summed E-state index contributed by atoms with van der Waals surface area (Å²) in [5.74, 6) is -0.116. The van der Waals surface area contributed by atoms with Crippen LogP contribution in [0.2, 0.25) is 0 Å². The first-order valence-electron chi connectivity index (χ1n) is 6.07. The second-order valence-corrected chi connectivity index (χ2v) is 4.53. The Kier molecular flexibility index (Phi) is 4.88. The molecule has 0 spiro atoms. The summed E-state index contributed by atoms with van der Waals surface area (Å²) < 4.78 is 1.62. The first kappa shape index (κ1) is 14.2. The molecular weight excluding hydrogens is 232 g/mol. The molecule has 0 aromatic carbocycles. The topological polar surface area (TPSA) is 76.0 Å². The maximum Gasteiger partial charge on any atom is 0.273 e. The van der Waals surface area contributed by atoms with Crippen molar-refractivity contribution in [1.82, 2.24) is 15.1 Å².